The Kier molecular flexibility index (Phi) is 8.94. The summed E-state index contributed by atoms with van der Waals surface area (Å²) in [5.41, 5.74) is 5.09. The first-order chi connectivity index (χ1) is 20.0. The second-order valence-electron chi connectivity index (χ2n) is 9.88. The summed E-state index contributed by atoms with van der Waals surface area (Å²) < 4.78 is 13.7. The van der Waals surface area contributed by atoms with Crippen LogP contribution in [0.1, 0.15) is 49.4 Å². The van der Waals surface area contributed by atoms with Gasteiger partial charge < -0.3 is 20.1 Å². The van der Waals surface area contributed by atoms with Crippen LogP contribution in [-0.4, -0.2) is 33.5 Å². The van der Waals surface area contributed by atoms with Crippen LogP contribution in [0.4, 0.5) is 11.6 Å². The van der Waals surface area contributed by atoms with Crippen LogP contribution >= 0.6 is 11.8 Å². The standard InChI is InChI=1S/C32H35N5O3S/c1-5-6-18-41-32-35-31-33-22(3)28(30(38)34-25-14-8-7-9-15-25)29(37(31)36-32)23-16-17-26(27(19-23)39-4)40-20-24-13-11-10-12-21(24)2/h7-17,19,29H,5-6,18,20H2,1-4H3,(H,34,38)(H,33,35,36). The topological polar surface area (TPSA) is 90.3 Å². The molecule has 0 fully saturated rings. The summed E-state index contributed by atoms with van der Waals surface area (Å²) in [5.74, 6) is 2.51. The smallest absolute Gasteiger partial charge is 0.255 e. The van der Waals surface area contributed by atoms with Gasteiger partial charge >= 0.3 is 0 Å². The molecule has 5 rings (SSSR count). The number of ether oxygens (including phenoxy) is 2. The van der Waals surface area contributed by atoms with Gasteiger partial charge in [0.15, 0.2) is 11.5 Å². The van der Waals surface area contributed by atoms with Crippen molar-refractivity contribution in [2.24, 2.45) is 0 Å². The van der Waals surface area contributed by atoms with Crippen LogP contribution in [0.25, 0.3) is 0 Å². The van der Waals surface area contributed by atoms with Crippen molar-refractivity contribution < 1.29 is 14.3 Å². The Labute approximate surface area is 245 Å². The van der Waals surface area contributed by atoms with Gasteiger partial charge in [-0.1, -0.05) is 73.6 Å². The van der Waals surface area contributed by atoms with E-state index >= 15 is 0 Å². The maximum Gasteiger partial charge on any atom is 0.255 e. The van der Waals surface area contributed by atoms with Gasteiger partial charge in [-0.2, -0.15) is 4.98 Å². The first-order valence-electron chi connectivity index (χ1n) is 13.8. The maximum atomic E-state index is 13.8. The molecule has 3 aromatic carbocycles. The Morgan fingerprint density at radius 1 is 1.05 bits per heavy atom. The lowest BCUT2D eigenvalue weighted by molar-refractivity contribution is -0.113. The number of hydrogen-bond acceptors (Lipinski definition) is 7. The minimum atomic E-state index is -0.526. The van der Waals surface area contributed by atoms with E-state index in [1.165, 1.54) is 5.56 Å². The van der Waals surface area contributed by atoms with Crippen molar-refractivity contribution in [2.75, 3.05) is 23.5 Å². The SMILES string of the molecule is CCCCSc1nc2n(n1)C(c1ccc(OCc3ccccc3C)c(OC)c1)C(C(=O)Nc1ccccc1)=C(C)N2. The van der Waals surface area contributed by atoms with E-state index in [0.29, 0.717) is 46.2 Å². The Balaban J connectivity index is 1.50. The lowest BCUT2D eigenvalue weighted by atomic mass is 9.94. The number of rotatable bonds is 11. The minimum absolute atomic E-state index is 0.216. The number of aryl methyl sites for hydroxylation is 1. The normalized spacial score (nSPS) is 14.3. The number of carbonyl (C=O) groups excluding carboxylic acids is 1. The van der Waals surface area contributed by atoms with Crippen LogP contribution in [0, 0.1) is 6.92 Å². The highest BCUT2D eigenvalue weighted by Crippen LogP contribution is 2.40. The van der Waals surface area contributed by atoms with Gasteiger partial charge in [0, 0.05) is 17.1 Å². The number of carbonyl (C=O) groups is 1. The number of nitrogens with one attached hydrogen (secondary N) is 2. The molecule has 0 saturated heterocycles. The van der Waals surface area contributed by atoms with Crippen molar-refractivity contribution in [1.29, 1.82) is 0 Å². The molecule has 0 aliphatic carbocycles. The van der Waals surface area contributed by atoms with Crippen LogP contribution in [0.15, 0.2) is 89.2 Å². The highest BCUT2D eigenvalue weighted by molar-refractivity contribution is 7.99. The number of hydrogen-bond donors (Lipinski definition) is 2. The molecule has 0 radical (unpaired) electrons. The Hall–Kier alpha value is -4.24. The molecular formula is C32H35N5O3S. The predicted molar refractivity (Wildman–Crippen MR) is 164 cm³/mol. The number of amides is 1. The van der Waals surface area contributed by atoms with Crippen LogP contribution in [0.3, 0.4) is 0 Å². The van der Waals surface area contributed by atoms with E-state index in [2.05, 4.69) is 36.6 Å². The third kappa shape index (κ3) is 6.41. The molecule has 2 N–H and O–H groups in total. The van der Waals surface area contributed by atoms with Gasteiger partial charge in [0.1, 0.15) is 12.6 Å². The minimum Gasteiger partial charge on any atom is -0.493 e. The lowest BCUT2D eigenvalue weighted by Crippen LogP contribution is -2.31. The van der Waals surface area contributed by atoms with Gasteiger partial charge in [-0.15, -0.1) is 5.10 Å². The molecule has 1 unspecified atom stereocenters. The van der Waals surface area contributed by atoms with Crippen molar-refractivity contribution in [3.63, 3.8) is 0 Å². The van der Waals surface area contributed by atoms with E-state index in [4.69, 9.17) is 19.6 Å². The van der Waals surface area contributed by atoms with E-state index in [9.17, 15) is 4.79 Å². The quantitative estimate of drug-likeness (QED) is 0.149. The zero-order chi connectivity index (χ0) is 28.8. The molecule has 0 bridgehead atoms. The number of unbranched alkanes of at least 4 members (excludes halogenated alkanes) is 1. The number of aromatic nitrogens is 3. The second kappa shape index (κ2) is 13.0. The van der Waals surface area contributed by atoms with Crippen molar-refractivity contribution in [3.05, 3.63) is 101 Å². The van der Waals surface area contributed by atoms with E-state index in [1.807, 2.05) is 67.6 Å². The first kappa shape index (κ1) is 28.3. The van der Waals surface area contributed by atoms with Crippen LogP contribution < -0.4 is 20.1 Å². The summed E-state index contributed by atoms with van der Waals surface area (Å²) in [6, 6.07) is 22.8. The summed E-state index contributed by atoms with van der Waals surface area (Å²) in [5, 5.41) is 11.9. The molecule has 8 nitrogen and oxygen atoms in total. The molecule has 0 spiro atoms. The molecule has 1 aliphatic rings. The Bertz CT molecular complexity index is 1550. The monoisotopic (exact) mass is 569 g/mol. The summed E-state index contributed by atoms with van der Waals surface area (Å²) >= 11 is 1.62. The molecule has 1 aromatic heterocycles. The summed E-state index contributed by atoms with van der Waals surface area (Å²) in [7, 11) is 1.62. The van der Waals surface area contributed by atoms with Gasteiger partial charge in [-0.25, -0.2) is 4.68 Å². The molecule has 41 heavy (non-hydrogen) atoms. The van der Waals surface area contributed by atoms with Crippen molar-refractivity contribution in [1.82, 2.24) is 14.8 Å². The molecule has 0 saturated carbocycles. The number of para-hydroxylation sites is 1. The molecule has 1 atom stereocenters. The highest BCUT2D eigenvalue weighted by Gasteiger charge is 2.35. The van der Waals surface area contributed by atoms with Crippen LogP contribution in [0.2, 0.25) is 0 Å². The zero-order valence-corrected chi connectivity index (χ0v) is 24.6. The third-order valence-electron chi connectivity index (χ3n) is 6.99. The molecular weight excluding hydrogens is 534 g/mol. The van der Waals surface area contributed by atoms with Crippen molar-refractivity contribution in [3.8, 4) is 11.5 Å². The molecule has 212 valence electrons. The average Bonchev–Trinajstić information content (AvgIpc) is 3.38. The fourth-order valence-corrected chi connectivity index (χ4v) is 5.64. The molecule has 1 amide bonds. The number of nitrogens with zero attached hydrogens (tertiary/aromatic N) is 3. The molecule has 4 aromatic rings. The maximum absolute atomic E-state index is 13.8. The number of fused-ring (bicyclic) bond motifs is 1. The number of thioether (sulfide) groups is 1. The number of anilines is 2. The number of benzene rings is 3. The number of allylic oxidation sites excluding steroid dienone is 1. The first-order valence-corrected chi connectivity index (χ1v) is 14.8. The zero-order valence-electron chi connectivity index (χ0n) is 23.8. The van der Waals surface area contributed by atoms with Crippen molar-refractivity contribution >= 4 is 29.3 Å². The molecule has 1 aliphatic heterocycles. The van der Waals surface area contributed by atoms with Gasteiger partial charge in [0.05, 0.1) is 12.7 Å². The van der Waals surface area contributed by atoms with Crippen LogP contribution in [-0.2, 0) is 11.4 Å². The highest BCUT2D eigenvalue weighted by atomic mass is 32.2. The largest absolute Gasteiger partial charge is 0.493 e. The second-order valence-corrected chi connectivity index (χ2v) is 10.9. The van der Waals surface area contributed by atoms with Gasteiger partial charge in [0.25, 0.3) is 5.91 Å². The molecule has 2 heterocycles. The van der Waals surface area contributed by atoms with E-state index in [-0.39, 0.29) is 5.91 Å². The lowest BCUT2D eigenvalue weighted by Gasteiger charge is -2.29. The van der Waals surface area contributed by atoms with E-state index < -0.39 is 6.04 Å². The average molecular weight is 570 g/mol. The Morgan fingerprint density at radius 2 is 1.83 bits per heavy atom. The van der Waals surface area contributed by atoms with E-state index in [1.54, 1.807) is 23.6 Å². The fraction of sp³-hybridized carbons (Fsp3) is 0.281. The number of methoxy groups -OCH3 is 1. The molecule has 9 heteroatoms. The Morgan fingerprint density at radius 3 is 2.59 bits per heavy atom. The summed E-state index contributed by atoms with van der Waals surface area (Å²) in [4.78, 5) is 18.5. The van der Waals surface area contributed by atoms with Gasteiger partial charge in [-0.3, -0.25) is 4.79 Å². The summed E-state index contributed by atoms with van der Waals surface area (Å²) in [6.07, 6.45) is 2.18. The van der Waals surface area contributed by atoms with Gasteiger partial charge in [-0.05, 0) is 61.2 Å². The fourth-order valence-electron chi connectivity index (χ4n) is 4.72. The van der Waals surface area contributed by atoms with E-state index in [0.717, 1.165) is 29.7 Å². The predicted octanol–water partition coefficient (Wildman–Crippen LogP) is 6.99. The van der Waals surface area contributed by atoms with Crippen molar-refractivity contribution in [2.45, 2.75) is 51.4 Å². The van der Waals surface area contributed by atoms with Gasteiger partial charge in [0.2, 0.25) is 11.1 Å². The third-order valence-corrected chi connectivity index (χ3v) is 7.91. The summed E-state index contributed by atoms with van der Waals surface area (Å²) in [6.45, 7) is 6.55. The van der Waals surface area contributed by atoms with Crippen LogP contribution in [0.5, 0.6) is 11.5 Å².